The molecule has 0 aromatic heterocycles. The number of hydrogen-bond acceptors (Lipinski definition) is 6. The monoisotopic (exact) mass is 437 g/mol. The summed E-state index contributed by atoms with van der Waals surface area (Å²) in [4.78, 5) is 12.8. The molecule has 178 valence electrons. The van der Waals surface area contributed by atoms with Gasteiger partial charge in [0.05, 0.1) is 18.3 Å². The van der Waals surface area contributed by atoms with Crippen molar-refractivity contribution in [3.63, 3.8) is 0 Å². The minimum absolute atomic E-state index is 0.156. The summed E-state index contributed by atoms with van der Waals surface area (Å²) in [6, 6.07) is 6.96. The zero-order chi connectivity index (χ0) is 23.1. The summed E-state index contributed by atoms with van der Waals surface area (Å²) in [5.41, 5.74) is 6.77. The number of para-hydroxylation sites is 1. The van der Waals surface area contributed by atoms with E-state index < -0.39 is 6.10 Å². The normalized spacial score (nSPS) is 14.3. The Morgan fingerprint density at radius 1 is 1.16 bits per heavy atom. The molecule has 1 amide bonds. The Morgan fingerprint density at radius 2 is 1.87 bits per heavy atom. The van der Waals surface area contributed by atoms with Crippen LogP contribution in [-0.4, -0.2) is 63.1 Å². The molecule has 7 heteroatoms. The molecule has 0 heterocycles. The van der Waals surface area contributed by atoms with Crippen LogP contribution in [0.25, 0.3) is 0 Å². The van der Waals surface area contributed by atoms with Gasteiger partial charge in [-0.2, -0.15) is 0 Å². The molecule has 0 saturated carbocycles. The zero-order valence-electron chi connectivity index (χ0n) is 19.7. The number of carbonyl (C=O) groups is 1. The summed E-state index contributed by atoms with van der Waals surface area (Å²) >= 11 is 0. The molecule has 0 spiro atoms. The van der Waals surface area contributed by atoms with Gasteiger partial charge in [-0.25, -0.2) is 0 Å². The molecule has 1 aromatic rings. The fourth-order valence-corrected chi connectivity index (χ4v) is 3.31. The van der Waals surface area contributed by atoms with E-state index in [9.17, 15) is 9.90 Å². The van der Waals surface area contributed by atoms with Crippen LogP contribution in [0, 0.1) is 11.8 Å². The van der Waals surface area contributed by atoms with Gasteiger partial charge in [0.15, 0.2) is 0 Å². The maximum Gasteiger partial charge on any atom is 0.255 e. The lowest BCUT2D eigenvalue weighted by Crippen LogP contribution is -2.45. The SMILES string of the molecule is CCCNC[C@H](O)[C@@H](N)C[C@H](CNC(=O)c1ccccc1OCCCCOC)C(C)C. The number of rotatable bonds is 17. The predicted octanol–water partition coefficient (Wildman–Crippen LogP) is 2.57. The van der Waals surface area contributed by atoms with E-state index in [1.807, 2.05) is 18.2 Å². The lowest BCUT2D eigenvalue weighted by molar-refractivity contribution is 0.0927. The van der Waals surface area contributed by atoms with Crippen LogP contribution in [-0.2, 0) is 4.74 Å². The molecule has 3 atom stereocenters. The number of carbonyl (C=O) groups excluding carboxylic acids is 1. The maximum atomic E-state index is 12.8. The van der Waals surface area contributed by atoms with Gasteiger partial charge in [0.2, 0.25) is 0 Å². The van der Waals surface area contributed by atoms with Crippen molar-refractivity contribution in [2.45, 2.75) is 58.6 Å². The number of nitrogens with one attached hydrogen (secondary N) is 2. The quantitative estimate of drug-likeness (QED) is 0.279. The highest BCUT2D eigenvalue weighted by molar-refractivity contribution is 5.96. The Balaban J connectivity index is 2.59. The van der Waals surface area contributed by atoms with Gasteiger partial charge in [0.25, 0.3) is 5.91 Å². The molecule has 0 aliphatic heterocycles. The van der Waals surface area contributed by atoms with E-state index in [-0.39, 0.29) is 17.9 Å². The number of nitrogens with two attached hydrogens (primary N) is 1. The zero-order valence-corrected chi connectivity index (χ0v) is 19.7. The highest BCUT2D eigenvalue weighted by Crippen LogP contribution is 2.20. The van der Waals surface area contributed by atoms with Crippen molar-refractivity contribution in [3.05, 3.63) is 29.8 Å². The van der Waals surface area contributed by atoms with Gasteiger partial charge in [-0.15, -0.1) is 0 Å². The van der Waals surface area contributed by atoms with E-state index in [0.717, 1.165) is 25.8 Å². The van der Waals surface area contributed by atoms with E-state index in [4.69, 9.17) is 15.2 Å². The first-order valence-electron chi connectivity index (χ1n) is 11.5. The van der Waals surface area contributed by atoms with Crippen LogP contribution in [0.4, 0.5) is 0 Å². The summed E-state index contributed by atoms with van der Waals surface area (Å²) in [5.74, 6) is 0.931. The van der Waals surface area contributed by atoms with Gasteiger partial charge in [0, 0.05) is 32.8 Å². The Hall–Kier alpha value is -1.67. The van der Waals surface area contributed by atoms with Gasteiger partial charge in [0.1, 0.15) is 5.75 Å². The van der Waals surface area contributed by atoms with E-state index >= 15 is 0 Å². The van der Waals surface area contributed by atoms with E-state index in [0.29, 0.717) is 50.0 Å². The average molecular weight is 438 g/mol. The van der Waals surface area contributed by atoms with E-state index in [1.165, 1.54) is 0 Å². The largest absolute Gasteiger partial charge is 0.493 e. The minimum Gasteiger partial charge on any atom is -0.493 e. The molecular formula is C24H43N3O4. The number of hydrogen-bond donors (Lipinski definition) is 4. The lowest BCUT2D eigenvalue weighted by atomic mass is 9.87. The Morgan fingerprint density at radius 3 is 2.55 bits per heavy atom. The van der Waals surface area contributed by atoms with Gasteiger partial charge < -0.3 is 30.9 Å². The van der Waals surface area contributed by atoms with Crippen molar-refractivity contribution in [2.75, 3.05) is 40.0 Å². The average Bonchev–Trinajstić information content (AvgIpc) is 2.76. The van der Waals surface area contributed by atoms with Crippen LogP contribution >= 0.6 is 0 Å². The third kappa shape index (κ3) is 11.0. The van der Waals surface area contributed by atoms with Crippen LogP contribution in [0.15, 0.2) is 24.3 Å². The molecule has 0 aliphatic carbocycles. The van der Waals surface area contributed by atoms with E-state index in [2.05, 4.69) is 31.4 Å². The van der Waals surface area contributed by atoms with Crippen molar-refractivity contribution in [2.24, 2.45) is 17.6 Å². The third-order valence-electron chi connectivity index (χ3n) is 5.45. The van der Waals surface area contributed by atoms with Crippen molar-refractivity contribution in [1.82, 2.24) is 10.6 Å². The minimum atomic E-state index is -0.601. The number of aliphatic hydroxyl groups is 1. The number of amides is 1. The molecule has 31 heavy (non-hydrogen) atoms. The van der Waals surface area contributed by atoms with Crippen LogP contribution in [0.3, 0.4) is 0 Å². The molecule has 5 N–H and O–H groups in total. The fourth-order valence-electron chi connectivity index (χ4n) is 3.31. The molecule has 7 nitrogen and oxygen atoms in total. The molecule has 1 aromatic carbocycles. The second kappa shape index (κ2) is 16.0. The number of ether oxygens (including phenoxy) is 2. The summed E-state index contributed by atoms with van der Waals surface area (Å²) in [7, 11) is 1.68. The smallest absolute Gasteiger partial charge is 0.255 e. The predicted molar refractivity (Wildman–Crippen MR) is 125 cm³/mol. The number of aliphatic hydroxyl groups excluding tert-OH is 1. The van der Waals surface area contributed by atoms with Crippen molar-refractivity contribution < 1.29 is 19.4 Å². The summed E-state index contributed by atoms with van der Waals surface area (Å²) in [6.45, 7) is 9.41. The number of unbranched alkanes of at least 4 members (excludes halogenated alkanes) is 1. The van der Waals surface area contributed by atoms with Crippen molar-refractivity contribution in [1.29, 1.82) is 0 Å². The van der Waals surface area contributed by atoms with Crippen LogP contribution in [0.2, 0.25) is 0 Å². The number of methoxy groups -OCH3 is 1. The van der Waals surface area contributed by atoms with Crippen LogP contribution in [0.1, 0.15) is 56.8 Å². The molecule has 1 rings (SSSR count). The van der Waals surface area contributed by atoms with Crippen molar-refractivity contribution in [3.8, 4) is 5.75 Å². The Kier molecular flexibility index (Phi) is 14.2. The van der Waals surface area contributed by atoms with Crippen LogP contribution in [0.5, 0.6) is 5.75 Å². The Labute approximate surface area is 188 Å². The summed E-state index contributed by atoms with van der Waals surface area (Å²) < 4.78 is 10.9. The topological polar surface area (TPSA) is 106 Å². The molecule has 0 saturated heterocycles. The van der Waals surface area contributed by atoms with Gasteiger partial charge in [-0.1, -0.05) is 32.9 Å². The number of benzene rings is 1. The van der Waals surface area contributed by atoms with Crippen molar-refractivity contribution >= 4 is 5.91 Å². The molecular weight excluding hydrogens is 394 g/mol. The molecule has 0 radical (unpaired) electrons. The molecule has 0 fully saturated rings. The second-order valence-electron chi connectivity index (χ2n) is 8.43. The molecule has 0 aliphatic rings. The first-order valence-corrected chi connectivity index (χ1v) is 11.5. The first kappa shape index (κ1) is 27.4. The fraction of sp³-hybridized carbons (Fsp3) is 0.708. The van der Waals surface area contributed by atoms with Gasteiger partial charge in [-0.05, 0) is 56.2 Å². The second-order valence-corrected chi connectivity index (χ2v) is 8.43. The maximum absolute atomic E-state index is 12.8. The Bertz CT molecular complexity index is 612. The van der Waals surface area contributed by atoms with E-state index in [1.54, 1.807) is 13.2 Å². The lowest BCUT2D eigenvalue weighted by Gasteiger charge is -2.27. The highest BCUT2D eigenvalue weighted by atomic mass is 16.5. The summed E-state index contributed by atoms with van der Waals surface area (Å²) in [5, 5.41) is 16.5. The summed E-state index contributed by atoms with van der Waals surface area (Å²) in [6.07, 6.45) is 2.84. The first-order chi connectivity index (χ1) is 14.9. The van der Waals surface area contributed by atoms with Gasteiger partial charge >= 0.3 is 0 Å². The molecule has 0 bridgehead atoms. The standard InChI is InChI=1S/C24H43N3O4/c1-5-12-26-17-22(28)21(25)15-19(18(2)3)16-27-24(29)20-10-6-7-11-23(20)31-14-9-8-13-30-4/h6-7,10-11,18-19,21-22,26,28H,5,8-9,12-17,25H2,1-4H3,(H,27,29)/t19-,21+,22+/m1/s1. The third-order valence-corrected chi connectivity index (χ3v) is 5.45. The highest BCUT2D eigenvalue weighted by Gasteiger charge is 2.23. The molecule has 0 unspecified atom stereocenters. The van der Waals surface area contributed by atoms with Crippen LogP contribution < -0.4 is 21.1 Å². The van der Waals surface area contributed by atoms with Gasteiger partial charge in [-0.3, -0.25) is 4.79 Å².